The number of halogens is 1. The molecule has 2 amide bonds. The molecular formula is C22H23ClN4O. The Kier molecular flexibility index (Phi) is 5.74. The average molecular weight is 395 g/mol. The van der Waals surface area contributed by atoms with E-state index in [-0.39, 0.29) is 6.03 Å². The van der Waals surface area contributed by atoms with Gasteiger partial charge in [-0.25, -0.2) is 4.79 Å². The second-order valence-electron chi connectivity index (χ2n) is 7.02. The highest BCUT2D eigenvalue weighted by Gasteiger charge is 2.21. The lowest BCUT2D eigenvalue weighted by atomic mass is 10.1. The zero-order valence-corrected chi connectivity index (χ0v) is 16.4. The van der Waals surface area contributed by atoms with Crippen molar-refractivity contribution in [3.63, 3.8) is 0 Å². The number of nitrogens with zero attached hydrogens (tertiary/aromatic N) is 3. The van der Waals surface area contributed by atoms with Gasteiger partial charge in [-0.1, -0.05) is 41.9 Å². The van der Waals surface area contributed by atoms with E-state index in [1.807, 2.05) is 47.4 Å². The Morgan fingerprint density at radius 3 is 2.54 bits per heavy atom. The minimum absolute atomic E-state index is 0.0597. The van der Waals surface area contributed by atoms with E-state index in [4.69, 9.17) is 11.6 Å². The minimum Gasteiger partial charge on any atom is -0.322 e. The molecule has 2 aromatic carbocycles. The predicted octanol–water partition coefficient (Wildman–Crippen LogP) is 4.28. The van der Waals surface area contributed by atoms with Crippen molar-refractivity contribution in [1.82, 2.24) is 14.8 Å². The second kappa shape index (κ2) is 8.59. The summed E-state index contributed by atoms with van der Waals surface area (Å²) in [5, 5.41) is 4.82. The number of benzene rings is 2. The van der Waals surface area contributed by atoms with E-state index in [0.717, 1.165) is 60.8 Å². The molecule has 0 radical (unpaired) electrons. The first-order chi connectivity index (χ1) is 13.7. The van der Waals surface area contributed by atoms with Gasteiger partial charge in [-0.2, -0.15) is 0 Å². The topological polar surface area (TPSA) is 48.5 Å². The molecule has 1 fully saturated rings. The Balaban J connectivity index is 1.29. The van der Waals surface area contributed by atoms with Crippen LogP contribution in [-0.2, 0) is 6.42 Å². The van der Waals surface area contributed by atoms with Crippen molar-refractivity contribution in [3.05, 3.63) is 71.4 Å². The summed E-state index contributed by atoms with van der Waals surface area (Å²) in [7, 11) is 0. The lowest BCUT2D eigenvalue weighted by Crippen LogP contribution is -2.50. The van der Waals surface area contributed by atoms with Crippen molar-refractivity contribution in [2.24, 2.45) is 0 Å². The average Bonchev–Trinajstić information content (AvgIpc) is 2.74. The number of aromatic nitrogens is 1. The number of urea groups is 1. The molecule has 2 heterocycles. The largest absolute Gasteiger partial charge is 0.322 e. The van der Waals surface area contributed by atoms with E-state index in [0.29, 0.717) is 0 Å². The number of anilines is 1. The van der Waals surface area contributed by atoms with Crippen LogP contribution in [0.25, 0.3) is 10.9 Å². The number of fused-ring (bicyclic) bond motifs is 1. The zero-order valence-electron chi connectivity index (χ0n) is 15.6. The number of hydrogen-bond acceptors (Lipinski definition) is 3. The number of hydrogen-bond donors (Lipinski definition) is 1. The summed E-state index contributed by atoms with van der Waals surface area (Å²) in [4.78, 5) is 21.4. The van der Waals surface area contributed by atoms with Crippen LogP contribution in [0.3, 0.4) is 0 Å². The first-order valence-electron chi connectivity index (χ1n) is 9.55. The molecule has 0 bridgehead atoms. The maximum absolute atomic E-state index is 12.7. The Hall–Kier alpha value is -2.63. The standard InChI is InChI=1S/C22H23ClN4O/c23-19-8-6-17(7-9-19)10-12-26-13-15-27(16-14-26)22(28)25-20-5-1-3-18-4-2-11-24-21(18)20/h1-9,11H,10,12-16H2,(H,25,28). The number of amides is 2. The van der Waals surface area contributed by atoms with E-state index in [1.165, 1.54) is 5.56 Å². The monoisotopic (exact) mass is 394 g/mol. The quantitative estimate of drug-likeness (QED) is 0.718. The molecule has 1 aliphatic rings. The summed E-state index contributed by atoms with van der Waals surface area (Å²) in [6, 6.07) is 17.7. The highest BCUT2D eigenvalue weighted by atomic mass is 35.5. The molecule has 1 aliphatic heterocycles. The van der Waals surface area contributed by atoms with Gasteiger partial charge in [0.1, 0.15) is 0 Å². The van der Waals surface area contributed by atoms with Crippen LogP contribution >= 0.6 is 11.6 Å². The van der Waals surface area contributed by atoms with Crippen molar-refractivity contribution in [1.29, 1.82) is 0 Å². The molecule has 144 valence electrons. The SMILES string of the molecule is O=C(Nc1cccc2cccnc12)N1CCN(CCc2ccc(Cl)cc2)CC1. The fraction of sp³-hybridized carbons (Fsp3) is 0.273. The third-order valence-electron chi connectivity index (χ3n) is 5.16. The van der Waals surface area contributed by atoms with Crippen LogP contribution in [0.4, 0.5) is 10.5 Å². The fourth-order valence-corrected chi connectivity index (χ4v) is 3.64. The number of carbonyl (C=O) groups excluding carboxylic acids is 1. The zero-order chi connectivity index (χ0) is 19.3. The normalized spacial score (nSPS) is 15.0. The predicted molar refractivity (Wildman–Crippen MR) is 114 cm³/mol. The van der Waals surface area contributed by atoms with Crippen LogP contribution in [-0.4, -0.2) is 53.5 Å². The summed E-state index contributed by atoms with van der Waals surface area (Å²) >= 11 is 5.94. The molecule has 4 rings (SSSR count). The van der Waals surface area contributed by atoms with Crippen LogP contribution in [0.15, 0.2) is 60.8 Å². The molecule has 3 aromatic rings. The van der Waals surface area contributed by atoms with E-state index >= 15 is 0 Å². The minimum atomic E-state index is -0.0597. The molecular weight excluding hydrogens is 372 g/mol. The van der Waals surface area contributed by atoms with Gasteiger partial charge < -0.3 is 10.2 Å². The van der Waals surface area contributed by atoms with Gasteiger partial charge in [-0.15, -0.1) is 0 Å². The van der Waals surface area contributed by atoms with Crippen LogP contribution < -0.4 is 5.32 Å². The molecule has 0 unspecified atom stereocenters. The molecule has 28 heavy (non-hydrogen) atoms. The summed E-state index contributed by atoms with van der Waals surface area (Å²) in [5.41, 5.74) is 2.86. The molecule has 6 heteroatoms. The van der Waals surface area contributed by atoms with Crippen molar-refractivity contribution >= 4 is 34.2 Å². The van der Waals surface area contributed by atoms with Gasteiger partial charge in [0.05, 0.1) is 11.2 Å². The molecule has 0 atom stereocenters. The molecule has 1 N–H and O–H groups in total. The summed E-state index contributed by atoms with van der Waals surface area (Å²) in [6.45, 7) is 4.21. The van der Waals surface area contributed by atoms with Gasteiger partial charge in [0.25, 0.3) is 0 Å². The molecule has 0 saturated carbocycles. The van der Waals surface area contributed by atoms with E-state index in [9.17, 15) is 4.79 Å². The lowest BCUT2D eigenvalue weighted by Gasteiger charge is -2.34. The summed E-state index contributed by atoms with van der Waals surface area (Å²) < 4.78 is 0. The first kappa shape index (κ1) is 18.7. The van der Waals surface area contributed by atoms with Crippen molar-refractivity contribution in [2.75, 3.05) is 38.0 Å². The Morgan fingerprint density at radius 1 is 1.00 bits per heavy atom. The second-order valence-corrected chi connectivity index (χ2v) is 7.45. The maximum atomic E-state index is 12.7. The van der Waals surface area contributed by atoms with Crippen LogP contribution in [0.1, 0.15) is 5.56 Å². The Morgan fingerprint density at radius 2 is 1.75 bits per heavy atom. The Labute approximate surface area is 169 Å². The van der Waals surface area contributed by atoms with Crippen molar-refractivity contribution in [3.8, 4) is 0 Å². The number of para-hydroxylation sites is 1. The number of piperazine rings is 1. The van der Waals surface area contributed by atoms with E-state index in [1.54, 1.807) is 6.20 Å². The molecule has 5 nitrogen and oxygen atoms in total. The third kappa shape index (κ3) is 4.43. The van der Waals surface area contributed by atoms with E-state index in [2.05, 4.69) is 27.3 Å². The summed E-state index contributed by atoms with van der Waals surface area (Å²) in [5.74, 6) is 0. The highest BCUT2D eigenvalue weighted by Crippen LogP contribution is 2.21. The molecule has 0 spiro atoms. The van der Waals surface area contributed by atoms with Crippen LogP contribution in [0, 0.1) is 0 Å². The molecule has 1 saturated heterocycles. The third-order valence-corrected chi connectivity index (χ3v) is 5.42. The van der Waals surface area contributed by atoms with E-state index < -0.39 is 0 Å². The van der Waals surface area contributed by atoms with Crippen LogP contribution in [0.2, 0.25) is 5.02 Å². The molecule has 1 aromatic heterocycles. The number of nitrogens with one attached hydrogen (secondary N) is 1. The Bertz CT molecular complexity index is 947. The van der Waals surface area contributed by atoms with Gasteiger partial charge in [0.15, 0.2) is 0 Å². The van der Waals surface area contributed by atoms with Crippen molar-refractivity contribution in [2.45, 2.75) is 6.42 Å². The number of rotatable bonds is 4. The van der Waals surface area contributed by atoms with Crippen molar-refractivity contribution < 1.29 is 4.79 Å². The van der Waals surface area contributed by atoms with Gasteiger partial charge in [0, 0.05) is 49.3 Å². The first-order valence-corrected chi connectivity index (χ1v) is 9.93. The van der Waals surface area contributed by atoms with Gasteiger partial charge in [-0.05, 0) is 36.2 Å². The fourth-order valence-electron chi connectivity index (χ4n) is 3.51. The lowest BCUT2D eigenvalue weighted by molar-refractivity contribution is 0.148. The number of pyridine rings is 1. The number of carbonyl (C=O) groups is 1. The van der Waals surface area contributed by atoms with Gasteiger partial charge >= 0.3 is 6.03 Å². The van der Waals surface area contributed by atoms with Crippen LogP contribution in [0.5, 0.6) is 0 Å². The smallest absolute Gasteiger partial charge is 0.321 e. The van der Waals surface area contributed by atoms with Gasteiger partial charge in [-0.3, -0.25) is 9.88 Å². The van der Waals surface area contributed by atoms with Gasteiger partial charge in [0.2, 0.25) is 0 Å². The summed E-state index contributed by atoms with van der Waals surface area (Å²) in [6.07, 6.45) is 2.74. The highest BCUT2D eigenvalue weighted by molar-refractivity contribution is 6.30. The maximum Gasteiger partial charge on any atom is 0.321 e. The molecule has 0 aliphatic carbocycles.